The van der Waals surface area contributed by atoms with Crippen molar-refractivity contribution in [1.82, 2.24) is 14.8 Å². The molecule has 1 aliphatic rings. The van der Waals surface area contributed by atoms with Crippen LogP contribution in [0.1, 0.15) is 48.7 Å². The number of hydrogen-bond donors (Lipinski definition) is 2. The summed E-state index contributed by atoms with van der Waals surface area (Å²) in [5.74, 6) is -1.15. The lowest BCUT2D eigenvalue weighted by Gasteiger charge is -2.19. The summed E-state index contributed by atoms with van der Waals surface area (Å²) in [6.45, 7) is 4.90. The number of anilines is 1. The first-order chi connectivity index (χ1) is 13.8. The number of rotatable bonds is 3. The lowest BCUT2D eigenvalue weighted by molar-refractivity contribution is -0.141. The van der Waals surface area contributed by atoms with E-state index in [0.29, 0.717) is 18.4 Å². The molecule has 0 radical (unpaired) electrons. The Hall–Kier alpha value is -2.54. The number of carbonyl (C=O) groups excluding carboxylic acids is 1. The Bertz CT molecular complexity index is 1130. The molecule has 0 aliphatic heterocycles. The highest BCUT2D eigenvalue weighted by Crippen LogP contribution is 2.43. The molecule has 2 aromatic rings. The number of halogens is 4. The second kappa shape index (κ2) is 7.61. The minimum absolute atomic E-state index is 0.0964. The van der Waals surface area contributed by atoms with Crippen LogP contribution in [0.25, 0.3) is 0 Å². The highest BCUT2D eigenvalue weighted by molar-refractivity contribution is 7.91. The molecule has 8 nitrogen and oxygen atoms in total. The molecule has 164 valence electrons. The lowest BCUT2D eigenvalue weighted by atomic mass is 9.99. The van der Waals surface area contributed by atoms with E-state index in [1.807, 2.05) is 0 Å². The fourth-order valence-corrected chi connectivity index (χ4v) is 4.37. The fraction of sp³-hybridized carbons (Fsp3) is 0.471. The zero-order chi connectivity index (χ0) is 22.4. The molecule has 0 bridgehead atoms. The summed E-state index contributed by atoms with van der Waals surface area (Å²) < 4.78 is 71.2. The Balaban J connectivity index is 2.05. The quantitative estimate of drug-likeness (QED) is 0.696. The first-order valence-corrected chi connectivity index (χ1v) is 10.6. The fourth-order valence-electron chi connectivity index (χ4n) is 3.44. The van der Waals surface area contributed by atoms with E-state index >= 15 is 0 Å². The topological polar surface area (TPSA) is 115 Å². The summed E-state index contributed by atoms with van der Waals surface area (Å²) >= 11 is 0. The molecule has 0 unspecified atom stereocenters. The molecule has 0 fully saturated rings. The lowest BCUT2D eigenvalue weighted by Crippen LogP contribution is -2.21. The molecule has 0 spiro atoms. The number of amides is 2. The van der Waals surface area contributed by atoms with E-state index in [1.165, 1.54) is 6.92 Å². The number of aryl methyl sites for hydroxylation is 2. The SMILES string of the molecule is CCn1cc(F)c([S@](N)(=O)=NC(=O)Nc2c(C)c(C(F)(F)F)nc3c2[C@H](C)CC3)n1. The number of nitrogens with two attached hydrogens (primary N) is 1. The average Bonchev–Trinajstić information content (AvgIpc) is 3.19. The van der Waals surface area contributed by atoms with Gasteiger partial charge in [-0.25, -0.2) is 23.5 Å². The number of aromatic nitrogens is 3. The number of nitrogens with one attached hydrogen (secondary N) is 1. The largest absolute Gasteiger partial charge is 0.433 e. The van der Waals surface area contributed by atoms with Crippen LogP contribution in [0.4, 0.5) is 28.0 Å². The van der Waals surface area contributed by atoms with Crippen LogP contribution in [0.15, 0.2) is 15.6 Å². The number of hydrogen-bond acceptors (Lipinski definition) is 4. The molecule has 0 saturated heterocycles. The van der Waals surface area contributed by atoms with Gasteiger partial charge < -0.3 is 5.32 Å². The normalized spacial score (nSPS) is 18.1. The number of fused-ring (bicyclic) bond motifs is 1. The summed E-state index contributed by atoms with van der Waals surface area (Å²) in [6, 6.07) is -1.27. The standard InChI is InChI=1S/C17H20F4N6O2S/c1-4-27-7-10(18)15(25-27)30(22,29)26-16(28)24-13-9(3)14(17(19,20)21)23-11-6-5-8(2)12(11)13/h7-8H,4-6H2,1-3H3,(H3,22,23,24,26,28,29)/t8-,30-/m1/s1. The van der Waals surface area contributed by atoms with Crippen LogP contribution in [-0.4, -0.2) is 25.0 Å². The molecule has 2 atom stereocenters. The highest BCUT2D eigenvalue weighted by Gasteiger charge is 2.39. The van der Waals surface area contributed by atoms with E-state index in [-0.39, 0.29) is 29.4 Å². The predicted octanol–water partition coefficient (Wildman–Crippen LogP) is 3.75. The summed E-state index contributed by atoms with van der Waals surface area (Å²) in [4.78, 5) is 16.2. The smallest absolute Gasteiger partial charge is 0.305 e. The first kappa shape index (κ1) is 22.2. The minimum Gasteiger partial charge on any atom is -0.305 e. The summed E-state index contributed by atoms with van der Waals surface area (Å²) in [6.07, 6.45) is -2.88. The van der Waals surface area contributed by atoms with Crippen LogP contribution in [0, 0.1) is 12.7 Å². The van der Waals surface area contributed by atoms with Crippen molar-refractivity contribution in [3.63, 3.8) is 0 Å². The van der Waals surface area contributed by atoms with Gasteiger partial charge in [-0.1, -0.05) is 6.92 Å². The molecule has 2 aromatic heterocycles. The zero-order valence-corrected chi connectivity index (χ0v) is 17.2. The number of carbonyl (C=O) groups is 1. The Labute approximate surface area is 170 Å². The van der Waals surface area contributed by atoms with Crippen LogP contribution in [-0.2, 0) is 29.1 Å². The van der Waals surface area contributed by atoms with Crippen molar-refractivity contribution in [3.8, 4) is 0 Å². The average molecular weight is 448 g/mol. The predicted molar refractivity (Wildman–Crippen MR) is 101 cm³/mol. The van der Waals surface area contributed by atoms with E-state index in [1.54, 1.807) is 13.8 Å². The van der Waals surface area contributed by atoms with Gasteiger partial charge >= 0.3 is 12.2 Å². The zero-order valence-electron chi connectivity index (χ0n) is 16.4. The van der Waals surface area contributed by atoms with Crippen molar-refractivity contribution in [2.24, 2.45) is 9.50 Å². The maximum absolute atomic E-state index is 14.0. The van der Waals surface area contributed by atoms with Gasteiger partial charge in [0.05, 0.1) is 11.9 Å². The molecule has 3 N–H and O–H groups in total. The molecular formula is C17H20F4N6O2S. The molecule has 3 rings (SSSR count). The minimum atomic E-state index is -4.72. The highest BCUT2D eigenvalue weighted by atomic mass is 32.2. The van der Waals surface area contributed by atoms with Gasteiger partial charge in [0.1, 0.15) is 5.69 Å². The van der Waals surface area contributed by atoms with Gasteiger partial charge in [-0.2, -0.15) is 18.3 Å². The number of nitrogens with zero attached hydrogens (tertiary/aromatic N) is 4. The van der Waals surface area contributed by atoms with E-state index in [2.05, 4.69) is 19.8 Å². The molecular weight excluding hydrogens is 428 g/mol. The van der Waals surface area contributed by atoms with Crippen LogP contribution >= 0.6 is 0 Å². The summed E-state index contributed by atoms with van der Waals surface area (Å²) in [7, 11) is -4.06. The molecule has 13 heteroatoms. The van der Waals surface area contributed by atoms with Gasteiger partial charge in [0.15, 0.2) is 15.7 Å². The van der Waals surface area contributed by atoms with Gasteiger partial charge in [-0.15, -0.1) is 4.36 Å². The van der Waals surface area contributed by atoms with E-state index in [0.717, 1.165) is 10.9 Å². The number of urea groups is 1. The van der Waals surface area contributed by atoms with Crippen molar-refractivity contribution >= 4 is 21.6 Å². The third-order valence-corrected chi connectivity index (χ3v) is 6.14. The molecule has 30 heavy (non-hydrogen) atoms. The molecule has 0 aromatic carbocycles. The van der Waals surface area contributed by atoms with Gasteiger partial charge in [-0.3, -0.25) is 4.68 Å². The van der Waals surface area contributed by atoms with Gasteiger partial charge in [0.2, 0.25) is 5.03 Å². The third-order valence-electron chi connectivity index (χ3n) is 4.87. The maximum atomic E-state index is 14.0. The van der Waals surface area contributed by atoms with Crippen molar-refractivity contribution in [3.05, 3.63) is 34.5 Å². The van der Waals surface area contributed by atoms with E-state index in [9.17, 15) is 26.6 Å². The Morgan fingerprint density at radius 3 is 2.70 bits per heavy atom. The Morgan fingerprint density at radius 2 is 2.13 bits per heavy atom. The molecule has 0 saturated carbocycles. The van der Waals surface area contributed by atoms with Crippen LogP contribution in [0.2, 0.25) is 0 Å². The monoisotopic (exact) mass is 448 g/mol. The van der Waals surface area contributed by atoms with E-state index in [4.69, 9.17) is 5.14 Å². The second-order valence-corrected chi connectivity index (χ2v) is 8.69. The van der Waals surface area contributed by atoms with Crippen molar-refractivity contribution in [2.45, 2.75) is 57.3 Å². The van der Waals surface area contributed by atoms with Crippen LogP contribution in [0.5, 0.6) is 0 Å². The third kappa shape index (κ3) is 4.03. The summed E-state index contributed by atoms with van der Waals surface area (Å²) in [5.41, 5.74) is -0.804. The van der Waals surface area contributed by atoms with Gasteiger partial charge in [0, 0.05) is 23.4 Å². The van der Waals surface area contributed by atoms with Crippen LogP contribution < -0.4 is 10.5 Å². The number of alkyl halides is 3. The molecule has 2 amide bonds. The van der Waals surface area contributed by atoms with Crippen molar-refractivity contribution < 1.29 is 26.6 Å². The van der Waals surface area contributed by atoms with Crippen molar-refractivity contribution in [2.75, 3.05) is 5.32 Å². The van der Waals surface area contributed by atoms with Gasteiger partial charge in [0.25, 0.3) is 0 Å². The van der Waals surface area contributed by atoms with Crippen molar-refractivity contribution in [1.29, 1.82) is 0 Å². The maximum Gasteiger partial charge on any atom is 0.433 e. The summed E-state index contributed by atoms with van der Waals surface area (Å²) in [5, 5.41) is 10.8. The van der Waals surface area contributed by atoms with E-state index < -0.39 is 38.7 Å². The first-order valence-electron chi connectivity index (χ1n) is 9.04. The molecule has 1 aliphatic carbocycles. The Kier molecular flexibility index (Phi) is 5.62. The van der Waals surface area contributed by atoms with Gasteiger partial charge in [-0.05, 0) is 32.6 Å². The number of pyridine rings is 1. The van der Waals surface area contributed by atoms with Crippen LogP contribution in [0.3, 0.4) is 0 Å². The molecule has 2 heterocycles. The second-order valence-electron chi connectivity index (χ2n) is 6.99. The Morgan fingerprint density at radius 1 is 1.47 bits per heavy atom.